The predicted molar refractivity (Wildman–Crippen MR) is 211 cm³/mol. The summed E-state index contributed by atoms with van der Waals surface area (Å²) in [6.45, 7) is -0.337. The van der Waals surface area contributed by atoms with Gasteiger partial charge in [-0.05, 0) is 39.4 Å². The molecule has 52 heavy (non-hydrogen) atoms. The van der Waals surface area contributed by atoms with Crippen LogP contribution < -0.4 is 21.9 Å². The second-order valence-electron chi connectivity index (χ2n) is 12.4. The number of benzene rings is 6. The molecule has 0 bridgehead atoms. The van der Waals surface area contributed by atoms with Gasteiger partial charge in [-0.3, -0.25) is 5.01 Å². The first-order valence-corrected chi connectivity index (χ1v) is 17.2. The lowest BCUT2D eigenvalue weighted by Gasteiger charge is -2.44. The van der Waals surface area contributed by atoms with Crippen molar-refractivity contribution in [2.24, 2.45) is 5.84 Å². The fourth-order valence-corrected chi connectivity index (χ4v) is 7.11. The van der Waals surface area contributed by atoms with Crippen LogP contribution in [0.3, 0.4) is 0 Å². The van der Waals surface area contributed by atoms with E-state index in [0.29, 0.717) is 17.2 Å². The molecule has 6 N–H and O–H groups in total. The minimum absolute atomic E-state index is 0.283. The number of hydrazine groups is 1. The molecule has 0 aliphatic heterocycles. The van der Waals surface area contributed by atoms with Crippen LogP contribution in [-0.4, -0.2) is 16.7 Å². The van der Waals surface area contributed by atoms with E-state index in [2.05, 4.69) is 90.0 Å². The van der Waals surface area contributed by atoms with E-state index < -0.39 is 11.1 Å². The summed E-state index contributed by atoms with van der Waals surface area (Å²) in [6, 6.07) is 63.1. The number of rotatable bonds is 10. The van der Waals surface area contributed by atoms with Crippen LogP contribution in [0.1, 0.15) is 38.9 Å². The maximum atomic E-state index is 9.79. The Labute approximate surface area is 305 Å². The molecule has 0 saturated carbocycles. The Kier molecular flexibility index (Phi) is 9.81. The average molecular weight is 678 g/mol. The van der Waals surface area contributed by atoms with Gasteiger partial charge in [0, 0.05) is 0 Å². The van der Waals surface area contributed by atoms with E-state index in [4.69, 9.17) is 16.6 Å². The van der Waals surface area contributed by atoms with E-state index in [1.807, 2.05) is 115 Å². The molecule has 6 heteroatoms. The quantitative estimate of drug-likeness (QED) is 0.0506. The topological polar surface area (TPSA) is 100 Å². The highest BCUT2D eigenvalue weighted by atomic mass is 16.2. The number of nitrogens with one attached hydrogen (secondary N) is 1. The third kappa shape index (κ3) is 6.16. The summed E-state index contributed by atoms with van der Waals surface area (Å²) in [5.41, 5.74) is 11.6. The van der Waals surface area contributed by atoms with Crippen LogP contribution in [-0.2, 0) is 11.1 Å². The number of hydrogen-bond donors (Lipinski definition) is 4. The zero-order chi connectivity index (χ0) is 35.8. The molecule has 7 rings (SSSR count). The maximum absolute atomic E-state index is 9.79. The number of hydrogen-bond acceptors (Lipinski definition) is 6. The number of aliphatic hydroxyl groups excluding tert-OH is 1. The summed E-state index contributed by atoms with van der Waals surface area (Å²) in [7, 11) is 0. The van der Waals surface area contributed by atoms with Crippen molar-refractivity contribution in [2.75, 3.05) is 22.7 Å². The Morgan fingerprint density at radius 1 is 0.558 bits per heavy atom. The molecule has 0 aliphatic rings. The van der Waals surface area contributed by atoms with Gasteiger partial charge in [-0.15, -0.1) is 0 Å². The molecule has 0 spiro atoms. The van der Waals surface area contributed by atoms with E-state index in [1.54, 1.807) is 5.01 Å². The van der Waals surface area contributed by atoms with Crippen molar-refractivity contribution in [3.8, 4) is 11.8 Å². The molecule has 254 valence electrons. The fraction of sp³-hybridized carbons (Fsp3) is 0.0652. The minimum Gasteiger partial charge on any atom is -0.395 e. The van der Waals surface area contributed by atoms with Crippen LogP contribution in [0.2, 0.25) is 0 Å². The Balaban J connectivity index is 1.52. The highest BCUT2D eigenvalue weighted by molar-refractivity contribution is 5.77. The molecule has 0 amide bonds. The SMILES string of the molecule is Nc1c(C#CCO)cc(NC(c2ccccc2)(c2ccccc2)c2ccccc2)nc1N(N)C(c1ccccc1)(c1ccccc1)c1ccccc1. The van der Waals surface area contributed by atoms with Crippen molar-refractivity contribution >= 4 is 17.3 Å². The second kappa shape index (κ2) is 15.1. The highest BCUT2D eigenvalue weighted by Crippen LogP contribution is 2.46. The first-order valence-electron chi connectivity index (χ1n) is 17.2. The first kappa shape index (κ1) is 33.8. The van der Waals surface area contributed by atoms with E-state index in [1.165, 1.54) is 0 Å². The molecule has 0 atom stereocenters. The van der Waals surface area contributed by atoms with Gasteiger partial charge in [0.15, 0.2) is 5.82 Å². The molecule has 0 saturated heterocycles. The second-order valence-corrected chi connectivity index (χ2v) is 12.4. The molecular formula is C46H39N5O. The highest BCUT2D eigenvalue weighted by Gasteiger charge is 2.44. The normalized spacial score (nSPS) is 11.3. The van der Waals surface area contributed by atoms with Crippen molar-refractivity contribution in [1.29, 1.82) is 0 Å². The van der Waals surface area contributed by atoms with Crippen molar-refractivity contribution in [1.82, 2.24) is 4.98 Å². The van der Waals surface area contributed by atoms with Crippen molar-refractivity contribution in [2.45, 2.75) is 11.1 Å². The number of aliphatic hydroxyl groups is 1. The molecule has 0 unspecified atom stereocenters. The Morgan fingerprint density at radius 2 is 0.904 bits per heavy atom. The molecule has 6 aromatic carbocycles. The molecule has 1 heterocycles. The van der Waals surface area contributed by atoms with Gasteiger partial charge in [-0.25, -0.2) is 10.8 Å². The number of nitrogens with two attached hydrogens (primary N) is 2. The number of anilines is 3. The standard InChI is InChI=1S/C46H39N5O/c47-43-35(20-19-33-52)34-42(50-45(36-21-7-1-8-22-36,37-23-9-2-10-24-37)38-25-11-3-12-26-38)49-44(43)51(48)46(39-27-13-4-14-28-39,40-29-15-5-16-30-40)41-31-17-6-18-32-41/h1-18,21-32,34,52H,33,47-48H2,(H,49,50). The van der Waals surface area contributed by atoms with Gasteiger partial charge in [0.2, 0.25) is 0 Å². The predicted octanol–water partition coefficient (Wildman–Crippen LogP) is 8.08. The summed E-state index contributed by atoms with van der Waals surface area (Å²) >= 11 is 0. The van der Waals surface area contributed by atoms with Crippen LogP contribution in [0.25, 0.3) is 0 Å². The van der Waals surface area contributed by atoms with Gasteiger partial charge in [-0.1, -0.05) is 194 Å². The van der Waals surface area contributed by atoms with Crippen molar-refractivity contribution in [3.05, 3.63) is 227 Å². The van der Waals surface area contributed by atoms with E-state index in [-0.39, 0.29) is 12.3 Å². The molecule has 0 fully saturated rings. The summed E-state index contributed by atoms with van der Waals surface area (Å²) in [6.07, 6.45) is 0. The Bertz CT molecular complexity index is 2080. The van der Waals surface area contributed by atoms with Crippen molar-refractivity contribution in [3.63, 3.8) is 0 Å². The summed E-state index contributed by atoms with van der Waals surface area (Å²) in [5, 5.41) is 15.3. The van der Waals surface area contributed by atoms with Gasteiger partial charge < -0.3 is 16.2 Å². The van der Waals surface area contributed by atoms with Gasteiger partial charge in [0.1, 0.15) is 23.5 Å². The van der Waals surface area contributed by atoms with Crippen LogP contribution in [0.4, 0.5) is 17.3 Å². The lowest BCUT2D eigenvalue weighted by molar-refractivity contribution is 0.350. The van der Waals surface area contributed by atoms with Crippen LogP contribution in [0.15, 0.2) is 188 Å². The zero-order valence-electron chi connectivity index (χ0n) is 28.6. The van der Waals surface area contributed by atoms with Gasteiger partial charge in [0.25, 0.3) is 0 Å². The molecule has 7 aromatic rings. The summed E-state index contributed by atoms with van der Waals surface area (Å²) in [4.78, 5) is 5.28. The number of pyridine rings is 1. The minimum atomic E-state index is -1.07. The monoisotopic (exact) mass is 677 g/mol. The molecular weight excluding hydrogens is 639 g/mol. The third-order valence-electron chi connectivity index (χ3n) is 9.44. The van der Waals surface area contributed by atoms with E-state index >= 15 is 0 Å². The Morgan fingerprint density at radius 3 is 1.25 bits per heavy atom. The van der Waals surface area contributed by atoms with Crippen LogP contribution in [0.5, 0.6) is 0 Å². The average Bonchev–Trinajstić information content (AvgIpc) is 3.22. The number of aromatic nitrogens is 1. The third-order valence-corrected chi connectivity index (χ3v) is 9.44. The molecule has 6 nitrogen and oxygen atoms in total. The summed E-state index contributed by atoms with van der Waals surface area (Å²) < 4.78 is 0. The number of nitrogen functional groups attached to an aromatic ring is 1. The Hall–Kier alpha value is -6.65. The fourth-order valence-electron chi connectivity index (χ4n) is 7.11. The van der Waals surface area contributed by atoms with Crippen molar-refractivity contribution < 1.29 is 5.11 Å². The lowest BCUT2D eigenvalue weighted by atomic mass is 9.76. The van der Waals surface area contributed by atoms with Crippen LogP contribution >= 0.6 is 0 Å². The molecule has 0 aliphatic carbocycles. The van der Waals surface area contributed by atoms with Crippen LogP contribution in [0, 0.1) is 11.8 Å². The van der Waals surface area contributed by atoms with Gasteiger partial charge in [-0.2, -0.15) is 0 Å². The van der Waals surface area contributed by atoms with Gasteiger partial charge in [0.05, 0.1) is 11.3 Å². The summed E-state index contributed by atoms with van der Waals surface area (Å²) in [5.74, 6) is 14.2. The molecule has 1 aromatic heterocycles. The maximum Gasteiger partial charge on any atom is 0.171 e. The first-order chi connectivity index (χ1) is 25.6. The lowest BCUT2D eigenvalue weighted by Crippen LogP contribution is -2.53. The number of nitrogens with zero attached hydrogens (tertiary/aromatic N) is 2. The van der Waals surface area contributed by atoms with E-state index in [9.17, 15) is 5.11 Å². The zero-order valence-corrected chi connectivity index (χ0v) is 28.6. The largest absolute Gasteiger partial charge is 0.395 e. The van der Waals surface area contributed by atoms with Gasteiger partial charge >= 0.3 is 0 Å². The smallest absolute Gasteiger partial charge is 0.171 e. The molecule has 0 radical (unpaired) electrons. The van der Waals surface area contributed by atoms with E-state index in [0.717, 1.165) is 33.4 Å².